The summed E-state index contributed by atoms with van der Waals surface area (Å²) in [6.07, 6.45) is 9.87. The van der Waals surface area contributed by atoms with Gasteiger partial charge in [0.1, 0.15) is 18.6 Å². The molecular weight excluding hydrogens is 238 g/mol. The molecule has 3 rings (SSSR count). The molecule has 1 heterocycles. The van der Waals surface area contributed by atoms with Crippen molar-refractivity contribution in [2.75, 3.05) is 24.6 Å². The minimum absolute atomic E-state index is 0.664. The van der Waals surface area contributed by atoms with E-state index in [1.807, 2.05) is 18.2 Å². The normalized spacial score (nSPS) is 17.5. The number of carbonyl (C=O) groups excluding carboxylic acids is 1. The lowest BCUT2D eigenvalue weighted by molar-refractivity contribution is 0.112. The van der Waals surface area contributed by atoms with Gasteiger partial charge in [0, 0.05) is 12.1 Å². The summed E-state index contributed by atoms with van der Waals surface area (Å²) in [6, 6.07) is 5.64. The zero-order valence-corrected chi connectivity index (χ0v) is 10.8. The van der Waals surface area contributed by atoms with Gasteiger partial charge >= 0.3 is 0 Å². The smallest absolute Gasteiger partial charge is 0.150 e. The van der Waals surface area contributed by atoms with Crippen LogP contribution in [0.4, 0.5) is 5.69 Å². The molecule has 0 aromatic heterocycles. The maximum atomic E-state index is 10.8. The molecule has 1 aliphatic carbocycles. The maximum absolute atomic E-state index is 10.8. The van der Waals surface area contributed by atoms with Gasteiger partial charge in [-0.3, -0.25) is 4.79 Å². The van der Waals surface area contributed by atoms with Crippen LogP contribution in [0.3, 0.4) is 0 Å². The molecule has 0 amide bonds. The Hall–Kier alpha value is -2.03. The third kappa shape index (κ3) is 2.55. The third-order valence-electron chi connectivity index (χ3n) is 3.52. The van der Waals surface area contributed by atoms with E-state index in [-0.39, 0.29) is 0 Å². The van der Waals surface area contributed by atoms with Crippen LogP contribution in [0, 0.1) is 0 Å². The highest BCUT2D eigenvalue weighted by Gasteiger charge is 2.18. The van der Waals surface area contributed by atoms with E-state index >= 15 is 0 Å². The van der Waals surface area contributed by atoms with Crippen LogP contribution in [0.15, 0.2) is 42.0 Å². The lowest BCUT2D eigenvalue weighted by Gasteiger charge is -2.32. The molecule has 1 aromatic rings. The van der Waals surface area contributed by atoms with Gasteiger partial charge in [0.15, 0.2) is 0 Å². The minimum atomic E-state index is 0.664. The molecule has 3 nitrogen and oxygen atoms in total. The third-order valence-corrected chi connectivity index (χ3v) is 3.52. The predicted octanol–water partition coefficient (Wildman–Crippen LogP) is 2.97. The number of hydrogen-bond acceptors (Lipinski definition) is 3. The van der Waals surface area contributed by atoms with E-state index < -0.39 is 0 Å². The molecule has 0 atom stereocenters. The first-order chi connectivity index (χ1) is 9.36. The minimum Gasteiger partial charge on any atom is -0.490 e. The van der Waals surface area contributed by atoms with Crippen molar-refractivity contribution in [2.24, 2.45) is 0 Å². The number of benzene rings is 1. The molecule has 0 saturated heterocycles. The highest BCUT2D eigenvalue weighted by atomic mass is 16.5. The SMILES string of the molecule is O=Cc1ccc2c(c1)OCCN2CC1=CCCC=C1. The molecule has 2 aliphatic rings. The average molecular weight is 255 g/mol. The monoisotopic (exact) mass is 255 g/mol. The molecule has 0 unspecified atom stereocenters. The number of aldehydes is 1. The van der Waals surface area contributed by atoms with E-state index in [0.29, 0.717) is 12.2 Å². The van der Waals surface area contributed by atoms with E-state index in [2.05, 4.69) is 23.1 Å². The Balaban J connectivity index is 1.83. The van der Waals surface area contributed by atoms with Gasteiger partial charge < -0.3 is 9.64 Å². The quantitative estimate of drug-likeness (QED) is 0.778. The molecule has 0 fully saturated rings. The van der Waals surface area contributed by atoms with Crippen molar-refractivity contribution in [3.05, 3.63) is 47.6 Å². The molecule has 19 heavy (non-hydrogen) atoms. The van der Waals surface area contributed by atoms with Gasteiger partial charge in [0.2, 0.25) is 0 Å². The van der Waals surface area contributed by atoms with Crippen molar-refractivity contribution >= 4 is 12.0 Å². The summed E-state index contributed by atoms with van der Waals surface area (Å²) in [4.78, 5) is 13.1. The molecule has 0 saturated carbocycles. The molecule has 3 heteroatoms. The van der Waals surface area contributed by atoms with Crippen molar-refractivity contribution in [1.29, 1.82) is 0 Å². The average Bonchev–Trinajstić information content (AvgIpc) is 2.48. The Labute approximate surface area is 113 Å². The van der Waals surface area contributed by atoms with E-state index in [4.69, 9.17) is 4.74 Å². The maximum Gasteiger partial charge on any atom is 0.150 e. The van der Waals surface area contributed by atoms with Crippen LogP contribution >= 0.6 is 0 Å². The van der Waals surface area contributed by atoms with Crippen molar-refractivity contribution in [1.82, 2.24) is 0 Å². The first-order valence-electron chi connectivity index (χ1n) is 6.69. The number of fused-ring (bicyclic) bond motifs is 1. The first kappa shape index (κ1) is 12.0. The van der Waals surface area contributed by atoms with Gasteiger partial charge in [-0.05, 0) is 36.6 Å². The molecule has 0 bridgehead atoms. The molecule has 0 spiro atoms. The fourth-order valence-electron chi connectivity index (χ4n) is 2.54. The van der Waals surface area contributed by atoms with Crippen LogP contribution in [-0.4, -0.2) is 26.0 Å². The number of hydrogen-bond donors (Lipinski definition) is 0. The van der Waals surface area contributed by atoms with Crippen LogP contribution in [0.2, 0.25) is 0 Å². The number of anilines is 1. The van der Waals surface area contributed by atoms with Crippen LogP contribution in [-0.2, 0) is 0 Å². The number of ether oxygens (including phenoxy) is 1. The van der Waals surface area contributed by atoms with Crippen molar-refractivity contribution in [3.8, 4) is 5.75 Å². The molecular formula is C16H17NO2. The summed E-state index contributed by atoms with van der Waals surface area (Å²) in [7, 11) is 0. The number of allylic oxidation sites excluding steroid dienone is 2. The number of rotatable bonds is 3. The Morgan fingerprint density at radius 3 is 3.05 bits per heavy atom. The number of nitrogens with zero attached hydrogens (tertiary/aromatic N) is 1. The van der Waals surface area contributed by atoms with E-state index in [1.165, 1.54) is 5.57 Å². The van der Waals surface area contributed by atoms with E-state index in [1.54, 1.807) is 0 Å². The zero-order chi connectivity index (χ0) is 13.1. The summed E-state index contributed by atoms with van der Waals surface area (Å²) >= 11 is 0. The fourth-order valence-corrected chi connectivity index (χ4v) is 2.54. The van der Waals surface area contributed by atoms with Crippen LogP contribution < -0.4 is 9.64 Å². The lowest BCUT2D eigenvalue weighted by atomic mass is 10.1. The van der Waals surface area contributed by atoms with Gasteiger partial charge in [-0.2, -0.15) is 0 Å². The Morgan fingerprint density at radius 2 is 2.26 bits per heavy atom. The summed E-state index contributed by atoms with van der Waals surface area (Å²) in [5.41, 5.74) is 3.10. The van der Waals surface area contributed by atoms with Gasteiger partial charge in [0.25, 0.3) is 0 Å². The topological polar surface area (TPSA) is 29.5 Å². The van der Waals surface area contributed by atoms with Gasteiger partial charge in [-0.1, -0.05) is 18.2 Å². The summed E-state index contributed by atoms with van der Waals surface area (Å²) in [6.45, 7) is 2.47. The highest BCUT2D eigenvalue weighted by Crippen LogP contribution is 2.32. The lowest BCUT2D eigenvalue weighted by Crippen LogP contribution is -2.34. The molecule has 0 radical (unpaired) electrons. The molecule has 1 aromatic carbocycles. The van der Waals surface area contributed by atoms with Crippen molar-refractivity contribution in [3.63, 3.8) is 0 Å². The van der Waals surface area contributed by atoms with Gasteiger partial charge in [-0.25, -0.2) is 0 Å². The highest BCUT2D eigenvalue weighted by molar-refractivity contribution is 5.78. The predicted molar refractivity (Wildman–Crippen MR) is 76.0 cm³/mol. The Bertz CT molecular complexity index is 546. The standard InChI is InChI=1S/C16H17NO2/c18-12-14-6-7-15-16(10-14)19-9-8-17(15)11-13-4-2-1-3-5-13/h2,4-7,10,12H,1,3,8-9,11H2. The van der Waals surface area contributed by atoms with Crippen LogP contribution in [0.5, 0.6) is 5.75 Å². The Morgan fingerprint density at radius 1 is 1.32 bits per heavy atom. The van der Waals surface area contributed by atoms with Crippen LogP contribution in [0.1, 0.15) is 23.2 Å². The van der Waals surface area contributed by atoms with E-state index in [0.717, 1.165) is 43.7 Å². The second-order valence-corrected chi connectivity index (χ2v) is 4.87. The second-order valence-electron chi connectivity index (χ2n) is 4.87. The molecule has 1 aliphatic heterocycles. The van der Waals surface area contributed by atoms with Crippen LogP contribution in [0.25, 0.3) is 0 Å². The van der Waals surface area contributed by atoms with Crippen molar-refractivity contribution < 1.29 is 9.53 Å². The van der Waals surface area contributed by atoms with E-state index in [9.17, 15) is 4.79 Å². The second kappa shape index (κ2) is 5.31. The van der Waals surface area contributed by atoms with Gasteiger partial charge in [0.05, 0.1) is 12.2 Å². The summed E-state index contributed by atoms with van der Waals surface area (Å²) in [5, 5.41) is 0. The fraction of sp³-hybridized carbons (Fsp3) is 0.312. The zero-order valence-electron chi connectivity index (χ0n) is 10.8. The largest absolute Gasteiger partial charge is 0.490 e. The first-order valence-corrected chi connectivity index (χ1v) is 6.69. The molecule has 98 valence electrons. The van der Waals surface area contributed by atoms with Crippen molar-refractivity contribution in [2.45, 2.75) is 12.8 Å². The Kier molecular flexibility index (Phi) is 3.36. The van der Waals surface area contributed by atoms with Gasteiger partial charge in [-0.15, -0.1) is 0 Å². The summed E-state index contributed by atoms with van der Waals surface area (Å²) in [5.74, 6) is 0.816. The molecule has 0 N–H and O–H groups in total. The summed E-state index contributed by atoms with van der Waals surface area (Å²) < 4.78 is 5.65. The number of carbonyl (C=O) groups is 1.